The van der Waals surface area contributed by atoms with Gasteiger partial charge in [0.25, 0.3) is 0 Å². The van der Waals surface area contributed by atoms with Gasteiger partial charge in [0.1, 0.15) is 5.75 Å². The van der Waals surface area contributed by atoms with Gasteiger partial charge in [-0.15, -0.1) is 0 Å². The van der Waals surface area contributed by atoms with Gasteiger partial charge >= 0.3 is 0 Å². The summed E-state index contributed by atoms with van der Waals surface area (Å²) in [5.74, 6) is 0.869. The third-order valence-corrected chi connectivity index (χ3v) is 3.63. The van der Waals surface area contributed by atoms with Crippen molar-refractivity contribution in [3.63, 3.8) is 0 Å². The minimum atomic E-state index is 0.769. The maximum absolute atomic E-state index is 5.60. The van der Waals surface area contributed by atoms with Crippen LogP contribution in [0.3, 0.4) is 0 Å². The quantitative estimate of drug-likeness (QED) is 0.749. The van der Waals surface area contributed by atoms with Gasteiger partial charge in [0.05, 0.1) is 24.8 Å². The lowest BCUT2D eigenvalue weighted by Crippen LogP contribution is -2.22. The van der Waals surface area contributed by atoms with E-state index in [0.717, 1.165) is 42.4 Å². The zero-order valence-electron chi connectivity index (χ0n) is 10.7. The molecule has 0 saturated heterocycles. The van der Waals surface area contributed by atoms with Crippen molar-refractivity contribution in [2.75, 3.05) is 26.9 Å². The largest absolute Gasteiger partial charge is 0.496 e. The first kappa shape index (κ1) is 13.8. The first-order valence-electron chi connectivity index (χ1n) is 6.43. The van der Waals surface area contributed by atoms with E-state index in [4.69, 9.17) is 9.47 Å². The van der Waals surface area contributed by atoms with Crippen LogP contribution in [0.2, 0.25) is 0 Å². The van der Waals surface area contributed by atoms with Gasteiger partial charge in [-0.3, -0.25) is 0 Å². The van der Waals surface area contributed by atoms with Crippen LogP contribution in [0, 0.1) is 0 Å². The molecule has 1 aromatic carbocycles. The SMILES string of the molecule is COc1ccc(CCOCCNC2CC2)cc1Br. The number of nitrogens with one attached hydrogen (secondary N) is 1. The predicted octanol–water partition coefficient (Wildman–Crippen LogP) is 2.77. The summed E-state index contributed by atoms with van der Waals surface area (Å²) in [7, 11) is 1.68. The Balaban J connectivity index is 1.61. The molecule has 0 aliphatic heterocycles. The minimum Gasteiger partial charge on any atom is -0.496 e. The van der Waals surface area contributed by atoms with Gasteiger partial charge in [0.2, 0.25) is 0 Å². The zero-order chi connectivity index (χ0) is 12.8. The summed E-state index contributed by atoms with van der Waals surface area (Å²) >= 11 is 3.49. The van der Waals surface area contributed by atoms with Gasteiger partial charge in [0.15, 0.2) is 0 Å². The number of ether oxygens (including phenoxy) is 2. The fourth-order valence-corrected chi connectivity index (χ4v) is 2.37. The summed E-state index contributed by atoms with van der Waals surface area (Å²) in [5.41, 5.74) is 1.26. The molecular weight excluding hydrogens is 294 g/mol. The third kappa shape index (κ3) is 4.59. The van der Waals surface area contributed by atoms with Crippen molar-refractivity contribution in [3.05, 3.63) is 28.2 Å². The molecule has 0 spiro atoms. The third-order valence-electron chi connectivity index (χ3n) is 3.01. The maximum atomic E-state index is 5.60. The van der Waals surface area contributed by atoms with E-state index in [2.05, 4.69) is 33.4 Å². The molecule has 0 bridgehead atoms. The van der Waals surface area contributed by atoms with Crippen LogP contribution in [-0.2, 0) is 11.2 Å². The average Bonchev–Trinajstić information content (AvgIpc) is 3.18. The van der Waals surface area contributed by atoms with Crippen molar-refractivity contribution >= 4 is 15.9 Å². The summed E-state index contributed by atoms with van der Waals surface area (Å²) in [4.78, 5) is 0. The zero-order valence-corrected chi connectivity index (χ0v) is 12.3. The molecule has 0 heterocycles. The number of hydrogen-bond acceptors (Lipinski definition) is 3. The second-order valence-corrected chi connectivity index (χ2v) is 5.41. The van der Waals surface area contributed by atoms with Crippen molar-refractivity contribution in [3.8, 4) is 5.75 Å². The molecule has 0 atom stereocenters. The highest BCUT2D eigenvalue weighted by Crippen LogP contribution is 2.25. The highest BCUT2D eigenvalue weighted by molar-refractivity contribution is 9.10. The molecule has 1 aliphatic rings. The van der Waals surface area contributed by atoms with Gasteiger partial charge < -0.3 is 14.8 Å². The maximum Gasteiger partial charge on any atom is 0.133 e. The van der Waals surface area contributed by atoms with Crippen molar-refractivity contribution < 1.29 is 9.47 Å². The monoisotopic (exact) mass is 313 g/mol. The lowest BCUT2D eigenvalue weighted by atomic mass is 10.1. The Morgan fingerprint density at radius 1 is 1.33 bits per heavy atom. The summed E-state index contributed by atoms with van der Waals surface area (Å²) < 4.78 is 11.8. The molecule has 4 heteroatoms. The van der Waals surface area contributed by atoms with Gasteiger partial charge in [-0.05, 0) is 52.9 Å². The van der Waals surface area contributed by atoms with Crippen molar-refractivity contribution in [1.82, 2.24) is 5.32 Å². The number of halogens is 1. The molecule has 1 aliphatic carbocycles. The Labute approximate surface area is 117 Å². The normalized spacial score (nSPS) is 14.8. The molecule has 0 unspecified atom stereocenters. The highest BCUT2D eigenvalue weighted by atomic mass is 79.9. The average molecular weight is 314 g/mol. The van der Waals surface area contributed by atoms with E-state index >= 15 is 0 Å². The van der Waals surface area contributed by atoms with E-state index in [1.807, 2.05) is 6.07 Å². The number of hydrogen-bond donors (Lipinski definition) is 1. The highest BCUT2D eigenvalue weighted by Gasteiger charge is 2.19. The first-order valence-corrected chi connectivity index (χ1v) is 7.22. The Kier molecular flexibility index (Phi) is 5.47. The van der Waals surface area contributed by atoms with Crippen LogP contribution in [0.1, 0.15) is 18.4 Å². The lowest BCUT2D eigenvalue weighted by Gasteiger charge is -2.07. The fourth-order valence-electron chi connectivity index (χ4n) is 1.78. The van der Waals surface area contributed by atoms with E-state index in [1.54, 1.807) is 7.11 Å². The molecule has 2 rings (SSSR count). The fraction of sp³-hybridized carbons (Fsp3) is 0.571. The van der Waals surface area contributed by atoms with E-state index in [9.17, 15) is 0 Å². The lowest BCUT2D eigenvalue weighted by molar-refractivity contribution is 0.138. The number of rotatable bonds is 8. The second kappa shape index (κ2) is 7.12. The molecule has 100 valence electrons. The van der Waals surface area contributed by atoms with Crippen LogP contribution >= 0.6 is 15.9 Å². The summed E-state index contributed by atoms with van der Waals surface area (Å²) in [6.07, 6.45) is 3.60. The smallest absolute Gasteiger partial charge is 0.133 e. The standard InChI is InChI=1S/C14H20BrNO2/c1-17-14-5-2-11(10-13(14)15)6-8-18-9-7-16-12-3-4-12/h2,5,10,12,16H,3-4,6-9H2,1H3. The molecular formula is C14H20BrNO2. The van der Waals surface area contributed by atoms with E-state index in [1.165, 1.54) is 18.4 Å². The van der Waals surface area contributed by atoms with Gasteiger partial charge in [0, 0.05) is 12.6 Å². The van der Waals surface area contributed by atoms with Crippen LogP contribution < -0.4 is 10.1 Å². The predicted molar refractivity (Wildman–Crippen MR) is 76.2 cm³/mol. The molecule has 1 N–H and O–H groups in total. The molecule has 3 nitrogen and oxygen atoms in total. The molecule has 1 fully saturated rings. The van der Waals surface area contributed by atoms with Crippen LogP contribution in [0.5, 0.6) is 5.75 Å². The molecule has 1 saturated carbocycles. The van der Waals surface area contributed by atoms with E-state index in [-0.39, 0.29) is 0 Å². The van der Waals surface area contributed by atoms with Crippen molar-refractivity contribution in [2.45, 2.75) is 25.3 Å². The first-order chi connectivity index (χ1) is 8.79. The molecule has 0 aromatic heterocycles. The Morgan fingerprint density at radius 2 is 2.17 bits per heavy atom. The van der Waals surface area contributed by atoms with Crippen LogP contribution in [0.25, 0.3) is 0 Å². The molecule has 0 amide bonds. The molecule has 0 radical (unpaired) electrons. The van der Waals surface area contributed by atoms with Crippen molar-refractivity contribution in [2.24, 2.45) is 0 Å². The second-order valence-electron chi connectivity index (χ2n) is 4.56. The van der Waals surface area contributed by atoms with Gasteiger partial charge in [-0.2, -0.15) is 0 Å². The van der Waals surface area contributed by atoms with E-state index < -0.39 is 0 Å². The van der Waals surface area contributed by atoms with Crippen LogP contribution in [-0.4, -0.2) is 32.9 Å². The molecule has 1 aromatic rings. The van der Waals surface area contributed by atoms with Gasteiger partial charge in [-0.1, -0.05) is 6.07 Å². The topological polar surface area (TPSA) is 30.5 Å². The number of methoxy groups -OCH3 is 1. The van der Waals surface area contributed by atoms with Crippen LogP contribution in [0.15, 0.2) is 22.7 Å². The Bertz CT molecular complexity index is 380. The Morgan fingerprint density at radius 3 is 2.83 bits per heavy atom. The Hall–Kier alpha value is -0.580. The van der Waals surface area contributed by atoms with E-state index in [0.29, 0.717) is 0 Å². The minimum absolute atomic E-state index is 0.769. The summed E-state index contributed by atoms with van der Waals surface area (Å²) in [6, 6.07) is 6.92. The summed E-state index contributed by atoms with van der Waals surface area (Å²) in [6.45, 7) is 2.54. The summed E-state index contributed by atoms with van der Waals surface area (Å²) in [5, 5.41) is 3.43. The molecule has 18 heavy (non-hydrogen) atoms. The van der Waals surface area contributed by atoms with Crippen molar-refractivity contribution in [1.29, 1.82) is 0 Å². The van der Waals surface area contributed by atoms with Gasteiger partial charge in [-0.25, -0.2) is 0 Å². The number of benzene rings is 1. The van der Waals surface area contributed by atoms with Crippen LogP contribution in [0.4, 0.5) is 0 Å².